The summed E-state index contributed by atoms with van der Waals surface area (Å²) in [5.41, 5.74) is 4.23. The van der Waals surface area contributed by atoms with E-state index in [1.807, 2.05) is 32.9 Å². The second-order valence-electron chi connectivity index (χ2n) is 6.34. The molecule has 0 aliphatic carbocycles. The lowest BCUT2D eigenvalue weighted by atomic mass is 10.00. The lowest BCUT2D eigenvalue weighted by molar-refractivity contribution is 0.0940. The summed E-state index contributed by atoms with van der Waals surface area (Å²) in [6, 6.07) is 12.5. The van der Waals surface area contributed by atoms with Gasteiger partial charge in [-0.1, -0.05) is 29.8 Å². The number of hydrogen-bond acceptors (Lipinski definition) is 3. The minimum absolute atomic E-state index is 0.149. The maximum absolute atomic E-state index is 12.6. The minimum atomic E-state index is -3.37. The molecule has 0 heterocycles. The third-order valence-electron chi connectivity index (χ3n) is 4.21. The molecule has 0 radical (unpaired) electrons. The van der Waals surface area contributed by atoms with Crippen molar-refractivity contribution in [1.82, 2.24) is 5.32 Å². The molecule has 0 spiro atoms. The van der Waals surface area contributed by atoms with Crippen molar-refractivity contribution in [2.45, 2.75) is 26.8 Å². The normalized spacial score (nSPS) is 12.5. The number of carbonyl (C=O) groups excluding carboxylic acids is 1. The summed E-state index contributed by atoms with van der Waals surface area (Å²) < 4.78 is 24.5. The molecule has 5 nitrogen and oxygen atoms in total. The predicted octanol–water partition coefficient (Wildman–Crippen LogP) is 3.19. The van der Waals surface area contributed by atoms with E-state index in [4.69, 9.17) is 0 Å². The number of hydrogen-bond donors (Lipinski definition) is 1. The van der Waals surface area contributed by atoms with E-state index in [0.717, 1.165) is 21.7 Å². The summed E-state index contributed by atoms with van der Waals surface area (Å²) in [6.07, 6.45) is 1.13. The number of benzene rings is 2. The van der Waals surface area contributed by atoms with E-state index < -0.39 is 10.0 Å². The molecule has 0 bridgehead atoms. The van der Waals surface area contributed by atoms with E-state index in [-0.39, 0.29) is 11.9 Å². The Balaban J connectivity index is 2.21. The molecule has 0 saturated heterocycles. The predicted molar refractivity (Wildman–Crippen MR) is 101 cm³/mol. The van der Waals surface area contributed by atoms with Crippen molar-refractivity contribution in [3.63, 3.8) is 0 Å². The molecule has 25 heavy (non-hydrogen) atoms. The zero-order valence-electron chi connectivity index (χ0n) is 15.2. The van der Waals surface area contributed by atoms with Crippen LogP contribution in [0.25, 0.3) is 0 Å². The summed E-state index contributed by atoms with van der Waals surface area (Å²) in [7, 11) is -1.91. The molecule has 0 unspecified atom stereocenters. The number of aryl methyl sites for hydroxylation is 2. The molecule has 0 saturated carbocycles. The van der Waals surface area contributed by atoms with Gasteiger partial charge in [0.25, 0.3) is 5.91 Å². The third-order valence-corrected chi connectivity index (χ3v) is 5.41. The van der Waals surface area contributed by atoms with Crippen LogP contribution in [0.4, 0.5) is 5.69 Å². The van der Waals surface area contributed by atoms with E-state index in [9.17, 15) is 13.2 Å². The first-order chi connectivity index (χ1) is 11.6. The Morgan fingerprint density at radius 1 is 1.12 bits per heavy atom. The number of nitrogens with one attached hydrogen (secondary N) is 1. The molecule has 1 N–H and O–H groups in total. The maximum atomic E-state index is 12.6. The van der Waals surface area contributed by atoms with Crippen molar-refractivity contribution >= 4 is 21.6 Å². The molecular weight excluding hydrogens is 336 g/mol. The number of sulfonamides is 1. The van der Waals surface area contributed by atoms with Crippen LogP contribution < -0.4 is 9.62 Å². The third kappa shape index (κ3) is 4.60. The van der Waals surface area contributed by atoms with Gasteiger partial charge in [-0.25, -0.2) is 8.42 Å². The Bertz CT molecular complexity index is 891. The van der Waals surface area contributed by atoms with Gasteiger partial charge in [0.05, 0.1) is 18.0 Å². The van der Waals surface area contributed by atoms with E-state index in [2.05, 4.69) is 11.4 Å². The van der Waals surface area contributed by atoms with Crippen LogP contribution in [0.5, 0.6) is 0 Å². The first-order valence-corrected chi connectivity index (χ1v) is 9.86. The molecule has 0 aliphatic heterocycles. The second-order valence-corrected chi connectivity index (χ2v) is 8.35. The smallest absolute Gasteiger partial charge is 0.251 e. The number of anilines is 1. The van der Waals surface area contributed by atoms with Gasteiger partial charge in [-0.2, -0.15) is 0 Å². The Morgan fingerprint density at radius 2 is 1.80 bits per heavy atom. The quantitative estimate of drug-likeness (QED) is 0.890. The minimum Gasteiger partial charge on any atom is -0.346 e. The topological polar surface area (TPSA) is 66.5 Å². The molecule has 2 aromatic rings. The highest BCUT2D eigenvalue weighted by molar-refractivity contribution is 7.92. The van der Waals surface area contributed by atoms with Gasteiger partial charge < -0.3 is 5.32 Å². The zero-order valence-corrected chi connectivity index (χ0v) is 16.0. The van der Waals surface area contributed by atoms with Gasteiger partial charge >= 0.3 is 0 Å². The fourth-order valence-electron chi connectivity index (χ4n) is 2.70. The molecular formula is C19H24N2O3S. The monoisotopic (exact) mass is 360 g/mol. The van der Waals surface area contributed by atoms with Crippen LogP contribution in [-0.4, -0.2) is 27.6 Å². The Kier molecular flexibility index (Phi) is 5.52. The number of nitrogens with zero attached hydrogens (tertiary/aromatic N) is 1. The number of carbonyl (C=O) groups is 1. The molecule has 6 heteroatoms. The lowest BCUT2D eigenvalue weighted by Gasteiger charge is -2.19. The van der Waals surface area contributed by atoms with Crippen LogP contribution in [0.15, 0.2) is 42.5 Å². The Labute approximate surface area is 149 Å². The fraction of sp³-hybridized carbons (Fsp3) is 0.316. The van der Waals surface area contributed by atoms with Crippen LogP contribution in [-0.2, 0) is 10.0 Å². The lowest BCUT2D eigenvalue weighted by Crippen LogP contribution is -2.28. The molecule has 1 atom stereocenters. The second kappa shape index (κ2) is 7.27. The summed E-state index contributed by atoms with van der Waals surface area (Å²) in [6.45, 7) is 5.98. The summed E-state index contributed by atoms with van der Waals surface area (Å²) >= 11 is 0. The highest BCUT2D eigenvalue weighted by Crippen LogP contribution is 2.21. The molecule has 2 rings (SSSR count). The zero-order chi connectivity index (χ0) is 18.8. The van der Waals surface area contributed by atoms with E-state index in [1.165, 1.54) is 12.6 Å². The van der Waals surface area contributed by atoms with Gasteiger partial charge in [0.15, 0.2) is 0 Å². The molecule has 0 aromatic heterocycles. The Hall–Kier alpha value is -2.34. The highest BCUT2D eigenvalue weighted by Gasteiger charge is 2.16. The van der Waals surface area contributed by atoms with Crippen molar-refractivity contribution in [3.8, 4) is 0 Å². The average molecular weight is 360 g/mol. The fourth-order valence-corrected chi connectivity index (χ4v) is 3.20. The largest absolute Gasteiger partial charge is 0.346 e. The van der Waals surface area contributed by atoms with Gasteiger partial charge in [-0.3, -0.25) is 9.10 Å². The number of amides is 1. The average Bonchev–Trinajstić information content (AvgIpc) is 2.53. The van der Waals surface area contributed by atoms with E-state index in [1.54, 1.807) is 24.3 Å². The first-order valence-electron chi connectivity index (χ1n) is 8.01. The van der Waals surface area contributed by atoms with Crippen molar-refractivity contribution in [1.29, 1.82) is 0 Å². The van der Waals surface area contributed by atoms with Crippen molar-refractivity contribution in [3.05, 3.63) is 64.7 Å². The molecule has 134 valence electrons. The maximum Gasteiger partial charge on any atom is 0.251 e. The van der Waals surface area contributed by atoms with Crippen LogP contribution in [0.1, 0.15) is 40.0 Å². The summed E-state index contributed by atoms with van der Waals surface area (Å²) in [5, 5.41) is 2.97. The standard InChI is InChI=1S/C19H24N2O3S/c1-13-9-10-18(14(2)11-13)15(3)20-19(22)16-7-6-8-17(12-16)21(4)25(5,23)24/h6-12,15H,1-5H3,(H,20,22)/t15-/m1/s1. The van der Waals surface area contributed by atoms with Crippen LogP contribution in [0.2, 0.25) is 0 Å². The summed E-state index contributed by atoms with van der Waals surface area (Å²) in [5.74, 6) is -0.240. The van der Waals surface area contributed by atoms with Crippen molar-refractivity contribution in [2.24, 2.45) is 0 Å². The van der Waals surface area contributed by atoms with Gasteiger partial charge in [0, 0.05) is 12.6 Å². The highest BCUT2D eigenvalue weighted by atomic mass is 32.2. The van der Waals surface area contributed by atoms with Gasteiger partial charge in [0.1, 0.15) is 0 Å². The van der Waals surface area contributed by atoms with Crippen molar-refractivity contribution < 1.29 is 13.2 Å². The van der Waals surface area contributed by atoms with Gasteiger partial charge in [-0.15, -0.1) is 0 Å². The SMILES string of the molecule is Cc1ccc([C@@H](C)NC(=O)c2cccc(N(C)S(C)(=O)=O)c2)c(C)c1. The van der Waals surface area contributed by atoms with Crippen LogP contribution >= 0.6 is 0 Å². The van der Waals surface area contributed by atoms with Crippen LogP contribution in [0.3, 0.4) is 0 Å². The van der Waals surface area contributed by atoms with Crippen LogP contribution in [0, 0.1) is 13.8 Å². The van der Waals surface area contributed by atoms with Gasteiger partial charge in [0.2, 0.25) is 10.0 Å². The van der Waals surface area contributed by atoms with Gasteiger partial charge in [-0.05, 0) is 50.1 Å². The van der Waals surface area contributed by atoms with Crippen molar-refractivity contribution in [2.75, 3.05) is 17.6 Å². The van der Waals surface area contributed by atoms with E-state index in [0.29, 0.717) is 11.3 Å². The molecule has 2 aromatic carbocycles. The number of rotatable bonds is 5. The molecule has 0 aliphatic rings. The summed E-state index contributed by atoms with van der Waals surface area (Å²) in [4.78, 5) is 12.6. The van der Waals surface area contributed by atoms with E-state index >= 15 is 0 Å². The first kappa shape index (κ1) is 19.0. The molecule has 1 amide bonds. The Morgan fingerprint density at radius 3 is 2.40 bits per heavy atom. The molecule has 0 fully saturated rings.